The monoisotopic (exact) mass is 273 g/mol. The maximum Gasteiger partial charge on any atom is 0.0560 e. The summed E-state index contributed by atoms with van der Waals surface area (Å²) in [7, 11) is 0. The van der Waals surface area contributed by atoms with E-state index in [9.17, 15) is 0 Å². The molecule has 4 heteroatoms. The summed E-state index contributed by atoms with van der Waals surface area (Å²) in [5.41, 5.74) is 6.60. The van der Waals surface area contributed by atoms with Crippen molar-refractivity contribution >= 4 is 29.1 Å². The largest absolute Gasteiger partial charge is 0.398 e. The Kier molecular flexibility index (Phi) is 6.78. The van der Waals surface area contributed by atoms with Crippen LogP contribution in [-0.2, 0) is 4.74 Å². The molecule has 0 saturated carbocycles. The molecule has 0 aromatic heterocycles. The standard InChI is InChI=1S/C13H20ClNOS/c1-10(2)5-6-16-7-8-17-13-4-3-11(14)9-12(13)15/h3-4,9-10H,5-8,15H2,1-2H3. The number of ether oxygens (including phenoxy) is 1. The molecule has 2 N–H and O–H groups in total. The van der Waals surface area contributed by atoms with Crippen LogP contribution in [0.3, 0.4) is 0 Å². The number of nitrogen functional groups attached to an aromatic ring is 1. The Hall–Kier alpha value is -0.380. The van der Waals surface area contributed by atoms with Gasteiger partial charge in [0.15, 0.2) is 0 Å². The first-order chi connectivity index (χ1) is 8.09. The van der Waals surface area contributed by atoms with E-state index in [0.29, 0.717) is 10.9 Å². The van der Waals surface area contributed by atoms with Gasteiger partial charge in [-0.05, 0) is 30.5 Å². The highest BCUT2D eigenvalue weighted by Crippen LogP contribution is 2.27. The molecule has 0 amide bonds. The average Bonchev–Trinajstić information content (AvgIpc) is 2.25. The highest BCUT2D eigenvalue weighted by molar-refractivity contribution is 7.99. The second kappa shape index (κ2) is 7.85. The van der Waals surface area contributed by atoms with Crippen LogP contribution in [0.25, 0.3) is 0 Å². The third-order valence-electron chi connectivity index (χ3n) is 2.30. The molecule has 0 aliphatic carbocycles. The van der Waals surface area contributed by atoms with Gasteiger partial charge in [-0.25, -0.2) is 0 Å². The number of rotatable bonds is 7. The van der Waals surface area contributed by atoms with Gasteiger partial charge in [0.05, 0.1) is 6.61 Å². The van der Waals surface area contributed by atoms with E-state index in [0.717, 1.165) is 36.0 Å². The van der Waals surface area contributed by atoms with E-state index in [1.54, 1.807) is 17.8 Å². The lowest BCUT2D eigenvalue weighted by molar-refractivity contribution is 0.138. The number of benzene rings is 1. The fourth-order valence-electron chi connectivity index (χ4n) is 1.28. The SMILES string of the molecule is CC(C)CCOCCSc1ccc(Cl)cc1N. The Morgan fingerprint density at radius 2 is 2.12 bits per heavy atom. The summed E-state index contributed by atoms with van der Waals surface area (Å²) < 4.78 is 5.54. The normalized spacial score (nSPS) is 11.1. The molecule has 0 heterocycles. The predicted octanol–water partition coefficient (Wildman–Crippen LogP) is 4.08. The van der Waals surface area contributed by atoms with Crippen LogP contribution in [0.1, 0.15) is 20.3 Å². The maximum absolute atomic E-state index is 5.86. The predicted molar refractivity (Wildman–Crippen MR) is 76.9 cm³/mol. The van der Waals surface area contributed by atoms with Crippen molar-refractivity contribution in [2.45, 2.75) is 25.2 Å². The van der Waals surface area contributed by atoms with Gasteiger partial charge in [-0.15, -0.1) is 11.8 Å². The van der Waals surface area contributed by atoms with Crippen LogP contribution in [0.4, 0.5) is 5.69 Å². The molecule has 0 atom stereocenters. The Balaban J connectivity index is 2.18. The summed E-state index contributed by atoms with van der Waals surface area (Å²) in [6, 6.07) is 5.60. The minimum Gasteiger partial charge on any atom is -0.398 e. The summed E-state index contributed by atoms with van der Waals surface area (Å²) in [6.45, 7) is 6.01. The van der Waals surface area contributed by atoms with Gasteiger partial charge in [0.25, 0.3) is 0 Å². The van der Waals surface area contributed by atoms with E-state index in [2.05, 4.69) is 13.8 Å². The van der Waals surface area contributed by atoms with Gasteiger partial charge in [-0.3, -0.25) is 0 Å². The number of halogens is 1. The van der Waals surface area contributed by atoms with Crippen LogP contribution in [0.2, 0.25) is 5.02 Å². The van der Waals surface area contributed by atoms with Crippen molar-refractivity contribution in [1.82, 2.24) is 0 Å². The number of thioether (sulfide) groups is 1. The third-order valence-corrected chi connectivity index (χ3v) is 3.59. The Morgan fingerprint density at radius 1 is 1.35 bits per heavy atom. The molecule has 1 aromatic carbocycles. The highest BCUT2D eigenvalue weighted by Gasteiger charge is 2.01. The van der Waals surface area contributed by atoms with Crippen LogP contribution in [0.15, 0.2) is 23.1 Å². The number of hydrogen-bond acceptors (Lipinski definition) is 3. The van der Waals surface area contributed by atoms with Crippen LogP contribution in [0.5, 0.6) is 0 Å². The lowest BCUT2D eigenvalue weighted by atomic mass is 10.1. The molecule has 0 bridgehead atoms. The van der Waals surface area contributed by atoms with Gasteiger partial charge in [0, 0.05) is 28.0 Å². The van der Waals surface area contributed by atoms with Gasteiger partial charge >= 0.3 is 0 Å². The molecule has 17 heavy (non-hydrogen) atoms. The maximum atomic E-state index is 5.86. The minimum absolute atomic E-state index is 0.681. The van der Waals surface area contributed by atoms with Crippen molar-refractivity contribution < 1.29 is 4.74 Å². The number of hydrogen-bond donors (Lipinski definition) is 1. The molecule has 0 aliphatic heterocycles. The van der Waals surface area contributed by atoms with E-state index < -0.39 is 0 Å². The third kappa shape index (κ3) is 6.20. The summed E-state index contributed by atoms with van der Waals surface area (Å²) in [5, 5.41) is 0.681. The fraction of sp³-hybridized carbons (Fsp3) is 0.538. The quantitative estimate of drug-likeness (QED) is 0.462. The van der Waals surface area contributed by atoms with Crippen molar-refractivity contribution in [2.24, 2.45) is 5.92 Å². The number of anilines is 1. The molecule has 0 unspecified atom stereocenters. The van der Waals surface area contributed by atoms with E-state index in [4.69, 9.17) is 22.1 Å². The first-order valence-electron chi connectivity index (χ1n) is 5.85. The molecule has 2 nitrogen and oxygen atoms in total. The highest BCUT2D eigenvalue weighted by atomic mass is 35.5. The van der Waals surface area contributed by atoms with Gasteiger partial charge in [0.2, 0.25) is 0 Å². The van der Waals surface area contributed by atoms with Crippen LogP contribution >= 0.6 is 23.4 Å². The lowest BCUT2D eigenvalue weighted by Gasteiger charge is -2.07. The molecule has 0 aliphatic rings. The van der Waals surface area contributed by atoms with E-state index in [-0.39, 0.29) is 0 Å². The summed E-state index contributed by atoms with van der Waals surface area (Å²) in [4.78, 5) is 1.07. The van der Waals surface area contributed by atoms with E-state index >= 15 is 0 Å². The van der Waals surface area contributed by atoms with Crippen LogP contribution in [0, 0.1) is 5.92 Å². The summed E-state index contributed by atoms with van der Waals surface area (Å²) in [6.07, 6.45) is 1.12. The molecule has 1 rings (SSSR count). The minimum atomic E-state index is 0.681. The second-order valence-electron chi connectivity index (χ2n) is 4.33. The van der Waals surface area contributed by atoms with Gasteiger partial charge in [-0.2, -0.15) is 0 Å². The first-order valence-corrected chi connectivity index (χ1v) is 7.21. The number of nitrogens with two attached hydrogens (primary N) is 1. The van der Waals surface area contributed by atoms with Crippen molar-refractivity contribution in [2.75, 3.05) is 24.7 Å². The topological polar surface area (TPSA) is 35.2 Å². The molecule has 0 fully saturated rings. The molecule has 0 saturated heterocycles. The second-order valence-corrected chi connectivity index (χ2v) is 5.90. The van der Waals surface area contributed by atoms with Gasteiger partial charge < -0.3 is 10.5 Å². The van der Waals surface area contributed by atoms with Crippen molar-refractivity contribution in [3.8, 4) is 0 Å². The lowest BCUT2D eigenvalue weighted by Crippen LogP contribution is -2.02. The van der Waals surface area contributed by atoms with E-state index in [1.165, 1.54) is 0 Å². The smallest absolute Gasteiger partial charge is 0.0560 e. The van der Waals surface area contributed by atoms with Gasteiger partial charge in [0.1, 0.15) is 0 Å². The Labute approximate surface area is 113 Å². The van der Waals surface area contributed by atoms with Crippen molar-refractivity contribution in [3.05, 3.63) is 23.2 Å². The zero-order valence-electron chi connectivity index (χ0n) is 10.4. The molecule has 1 aromatic rings. The summed E-state index contributed by atoms with van der Waals surface area (Å²) >= 11 is 7.54. The first kappa shape index (κ1) is 14.7. The molecule has 0 radical (unpaired) electrons. The van der Waals surface area contributed by atoms with Crippen molar-refractivity contribution in [1.29, 1.82) is 0 Å². The zero-order valence-corrected chi connectivity index (χ0v) is 12.0. The Bertz CT molecular complexity index is 344. The molecule has 96 valence electrons. The van der Waals surface area contributed by atoms with Crippen LogP contribution < -0.4 is 5.73 Å². The van der Waals surface area contributed by atoms with Crippen LogP contribution in [-0.4, -0.2) is 19.0 Å². The zero-order chi connectivity index (χ0) is 12.7. The van der Waals surface area contributed by atoms with E-state index in [1.807, 2.05) is 12.1 Å². The molecular formula is C13H20ClNOS. The van der Waals surface area contributed by atoms with Gasteiger partial charge in [-0.1, -0.05) is 25.4 Å². The van der Waals surface area contributed by atoms with Crippen molar-refractivity contribution in [3.63, 3.8) is 0 Å². The fourth-order valence-corrected chi connectivity index (χ4v) is 2.27. The molecular weight excluding hydrogens is 254 g/mol. The average molecular weight is 274 g/mol. The summed E-state index contributed by atoms with van der Waals surface area (Å²) in [5.74, 6) is 1.62. The Morgan fingerprint density at radius 3 is 2.76 bits per heavy atom. The molecule has 0 spiro atoms.